The third-order valence-electron chi connectivity index (χ3n) is 4.68. The quantitative estimate of drug-likeness (QED) is 0.701. The van der Waals surface area contributed by atoms with E-state index in [2.05, 4.69) is 29.1 Å². The van der Waals surface area contributed by atoms with Crippen molar-refractivity contribution < 1.29 is 9.52 Å². The van der Waals surface area contributed by atoms with E-state index in [1.54, 1.807) is 6.33 Å². The second kappa shape index (κ2) is 6.02. The summed E-state index contributed by atoms with van der Waals surface area (Å²) in [7, 11) is 0. The van der Waals surface area contributed by atoms with Crippen molar-refractivity contribution in [2.75, 3.05) is 18.5 Å². The third-order valence-corrected chi connectivity index (χ3v) is 4.68. The van der Waals surface area contributed by atoms with Crippen LogP contribution in [0.2, 0.25) is 0 Å². The molecule has 1 aliphatic rings. The summed E-state index contributed by atoms with van der Waals surface area (Å²) >= 11 is 0. The Kier molecular flexibility index (Phi) is 3.84. The zero-order valence-electron chi connectivity index (χ0n) is 14.1. The van der Waals surface area contributed by atoms with Gasteiger partial charge in [-0.05, 0) is 42.7 Å². The molecule has 0 saturated heterocycles. The number of nitrogens with one attached hydrogen (secondary N) is 1. The van der Waals surface area contributed by atoms with Gasteiger partial charge in [0.2, 0.25) is 5.71 Å². The van der Waals surface area contributed by atoms with Crippen LogP contribution in [0.3, 0.4) is 0 Å². The molecule has 24 heavy (non-hydrogen) atoms. The highest BCUT2D eigenvalue weighted by molar-refractivity contribution is 6.06. The minimum atomic E-state index is 0.147. The number of pyridine rings is 1. The molecule has 6 heteroatoms. The van der Waals surface area contributed by atoms with Gasteiger partial charge in [-0.2, -0.15) is 0 Å². The Morgan fingerprint density at radius 2 is 2.08 bits per heavy atom. The number of aliphatic hydroxyl groups excluding tert-OH is 1. The minimum Gasteiger partial charge on any atom is -0.432 e. The van der Waals surface area contributed by atoms with E-state index in [4.69, 9.17) is 14.5 Å². The van der Waals surface area contributed by atoms with Crippen LogP contribution in [0, 0.1) is 0 Å². The van der Waals surface area contributed by atoms with Crippen LogP contribution < -0.4 is 5.32 Å². The number of hydrogen-bond acceptors (Lipinski definition) is 6. The molecule has 0 bridgehead atoms. The molecule has 0 saturated carbocycles. The summed E-state index contributed by atoms with van der Waals surface area (Å²) in [5, 5.41) is 13.2. The fraction of sp³-hybridized carbons (Fsp3) is 0.500. The standard InChI is InChI=1S/C18H22N4O2/c1-10(2)14-12-6-3-5-11(12)13-15-16(24-18(13)22-14)17(21-9-20-15)19-7-4-8-23/h9-10,23H,3-8H2,1-2H3,(H,19,20,21). The Morgan fingerprint density at radius 1 is 1.25 bits per heavy atom. The molecular formula is C18H22N4O2. The van der Waals surface area contributed by atoms with E-state index in [0.717, 1.165) is 35.9 Å². The first-order chi connectivity index (χ1) is 11.7. The van der Waals surface area contributed by atoms with Crippen LogP contribution in [0.15, 0.2) is 10.7 Å². The third kappa shape index (κ3) is 2.33. The van der Waals surface area contributed by atoms with Crippen molar-refractivity contribution in [3.63, 3.8) is 0 Å². The highest BCUT2D eigenvalue weighted by Crippen LogP contribution is 2.39. The number of anilines is 1. The van der Waals surface area contributed by atoms with Crippen LogP contribution in [0.5, 0.6) is 0 Å². The fourth-order valence-corrected chi connectivity index (χ4v) is 3.62. The zero-order valence-corrected chi connectivity index (χ0v) is 14.1. The van der Waals surface area contributed by atoms with Gasteiger partial charge in [0, 0.05) is 13.2 Å². The molecule has 0 unspecified atom stereocenters. The molecule has 126 valence electrons. The van der Waals surface area contributed by atoms with E-state index in [1.165, 1.54) is 11.1 Å². The molecule has 3 heterocycles. The maximum Gasteiger partial charge on any atom is 0.229 e. The molecule has 0 fully saturated rings. The topological polar surface area (TPSA) is 84.1 Å². The second-order valence-electron chi connectivity index (χ2n) is 6.65. The van der Waals surface area contributed by atoms with Gasteiger partial charge >= 0.3 is 0 Å². The first-order valence-corrected chi connectivity index (χ1v) is 8.64. The second-order valence-corrected chi connectivity index (χ2v) is 6.65. The van der Waals surface area contributed by atoms with Gasteiger partial charge in [-0.1, -0.05) is 13.8 Å². The van der Waals surface area contributed by atoms with E-state index in [-0.39, 0.29) is 6.61 Å². The molecule has 2 N–H and O–H groups in total. The number of aryl methyl sites for hydroxylation is 1. The normalized spacial score (nSPS) is 14.0. The van der Waals surface area contributed by atoms with Crippen molar-refractivity contribution in [2.45, 2.75) is 45.4 Å². The lowest BCUT2D eigenvalue weighted by Gasteiger charge is -2.10. The molecule has 0 aromatic carbocycles. The Labute approximate surface area is 140 Å². The van der Waals surface area contributed by atoms with E-state index in [0.29, 0.717) is 36.0 Å². The average molecular weight is 326 g/mol. The van der Waals surface area contributed by atoms with Gasteiger partial charge in [0.05, 0.1) is 11.1 Å². The van der Waals surface area contributed by atoms with E-state index in [9.17, 15) is 0 Å². The molecule has 6 nitrogen and oxygen atoms in total. The summed E-state index contributed by atoms with van der Waals surface area (Å²) in [6.45, 7) is 5.14. The van der Waals surface area contributed by atoms with Crippen molar-refractivity contribution >= 4 is 28.0 Å². The maximum absolute atomic E-state index is 8.95. The summed E-state index contributed by atoms with van der Waals surface area (Å²) < 4.78 is 6.07. The average Bonchev–Trinajstić information content (AvgIpc) is 3.18. The minimum absolute atomic E-state index is 0.147. The van der Waals surface area contributed by atoms with Gasteiger partial charge in [0.15, 0.2) is 11.4 Å². The monoisotopic (exact) mass is 326 g/mol. The highest BCUT2D eigenvalue weighted by atomic mass is 16.3. The predicted molar refractivity (Wildman–Crippen MR) is 93.4 cm³/mol. The summed E-state index contributed by atoms with van der Waals surface area (Å²) in [6.07, 6.45) is 5.54. The lowest BCUT2D eigenvalue weighted by molar-refractivity contribution is 0.292. The number of hydrogen-bond donors (Lipinski definition) is 2. The molecule has 1 aliphatic carbocycles. The Balaban J connectivity index is 1.93. The number of furan rings is 1. The fourth-order valence-electron chi connectivity index (χ4n) is 3.62. The predicted octanol–water partition coefficient (Wildman–Crippen LogP) is 3.18. The van der Waals surface area contributed by atoms with Crippen LogP contribution in [-0.4, -0.2) is 33.2 Å². The summed E-state index contributed by atoms with van der Waals surface area (Å²) in [5.41, 5.74) is 6.05. The Bertz CT molecular complexity index is 901. The van der Waals surface area contributed by atoms with Crippen molar-refractivity contribution in [3.8, 4) is 0 Å². The number of aromatic nitrogens is 3. The number of nitrogens with zero attached hydrogens (tertiary/aromatic N) is 3. The molecule has 0 aliphatic heterocycles. The van der Waals surface area contributed by atoms with Crippen molar-refractivity contribution in [1.29, 1.82) is 0 Å². The smallest absolute Gasteiger partial charge is 0.229 e. The van der Waals surface area contributed by atoms with E-state index in [1.807, 2.05) is 0 Å². The number of rotatable bonds is 5. The zero-order chi connectivity index (χ0) is 16.7. The van der Waals surface area contributed by atoms with Gasteiger partial charge in [0.25, 0.3) is 0 Å². The van der Waals surface area contributed by atoms with Gasteiger partial charge in [-0.15, -0.1) is 0 Å². The van der Waals surface area contributed by atoms with Gasteiger partial charge < -0.3 is 14.8 Å². The van der Waals surface area contributed by atoms with Crippen LogP contribution >= 0.6 is 0 Å². The lowest BCUT2D eigenvalue weighted by atomic mass is 9.99. The first kappa shape index (κ1) is 15.3. The Morgan fingerprint density at radius 3 is 2.88 bits per heavy atom. The van der Waals surface area contributed by atoms with Gasteiger partial charge in [-0.3, -0.25) is 0 Å². The molecule has 0 amide bonds. The van der Waals surface area contributed by atoms with E-state index >= 15 is 0 Å². The van der Waals surface area contributed by atoms with Crippen molar-refractivity contribution in [2.24, 2.45) is 0 Å². The van der Waals surface area contributed by atoms with Gasteiger partial charge in [-0.25, -0.2) is 15.0 Å². The van der Waals surface area contributed by atoms with Crippen LogP contribution in [0.25, 0.3) is 22.2 Å². The molecular weight excluding hydrogens is 304 g/mol. The van der Waals surface area contributed by atoms with Crippen LogP contribution in [-0.2, 0) is 12.8 Å². The summed E-state index contributed by atoms with van der Waals surface area (Å²) in [5.74, 6) is 1.05. The SMILES string of the molecule is CC(C)c1nc2oc3c(NCCCO)ncnc3c2c2c1CCC2. The van der Waals surface area contributed by atoms with Crippen LogP contribution in [0.4, 0.5) is 5.82 Å². The molecule has 3 aromatic rings. The molecule has 3 aromatic heterocycles. The molecule has 0 radical (unpaired) electrons. The number of fused-ring (bicyclic) bond motifs is 5. The maximum atomic E-state index is 8.95. The number of aliphatic hydroxyl groups is 1. The van der Waals surface area contributed by atoms with Crippen LogP contribution in [0.1, 0.15) is 49.4 Å². The summed E-state index contributed by atoms with van der Waals surface area (Å²) in [4.78, 5) is 13.6. The van der Waals surface area contributed by atoms with E-state index < -0.39 is 0 Å². The summed E-state index contributed by atoms with van der Waals surface area (Å²) in [6, 6.07) is 0. The largest absolute Gasteiger partial charge is 0.432 e. The molecule has 0 spiro atoms. The van der Waals surface area contributed by atoms with Gasteiger partial charge in [0.1, 0.15) is 11.8 Å². The highest BCUT2D eigenvalue weighted by Gasteiger charge is 2.26. The van der Waals surface area contributed by atoms with Crippen molar-refractivity contribution in [1.82, 2.24) is 15.0 Å². The first-order valence-electron chi connectivity index (χ1n) is 8.64. The van der Waals surface area contributed by atoms with Crippen molar-refractivity contribution in [3.05, 3.63) is 23.1 Å². The molecule has 4 rings (SSSR count). The lowest BCUT2D eigenvalue weighted by Crippen LogP contribution is -2.05. The Hall–Kier alpha value is -2.21. The molecule has 0 atom stereocenters.